The fraction of sp³-hybridized carbons (Fsp3) is 0.500. The number of nitrogens with zero attached hydrogens (tertiary/aromatic N) is 2. The molecule has 158 valence electrons. The van der Waals surface area contributed by atoms with Crippen LogP contribution in [0.2, 0.25) is 0 Å². The highest BCUT2D eigenvalue weighted by Crippen LogP contribution is 2.23. The van der Waals surface area contributed by atoms with Crippen molar-refractivity contribution in [3.05, 3.63) is 42.5 Å². The van der Waals surface area contributed by atoms with Crippen molar-refractivity contribution in [3.8, 4) is 0 Å². The van der Waals surface area contributed by atoms with Gasteiger partial charge in [0, 0.05) is 32.8 Å². The summed E-state index contributed by atoms with van der Waals surface area (Å²) in [5.74, 6) is 0.456. The molecule has 6 nitrogen and oxygen atoms in total. The number of benzene rings is 2. The molecule has 2 aromatic carbocycles. The van der Waals surface area contributed by atoms with E-state index in [4.69, 9.17) is 4.74 Å². The van der Waals surface area contributed by atoms with Crippen LogP contribution in [0.3, 0.4) is 0 Å². The molecule has 1 saturated heterocycles. The van der Waals surface area contributed by atoms with E-state index in [0.717, 1.165) is 17.2 Å². The third-order valence-electron chi connectivity index (χ3n) is 5.32. The highest BCUT2D eigenvalue weighted by Gasteiger charge is 2.31. The fourth-order valence-electron chi connectivity index (χ4n) is 3.43. The van der Waals surface area contributed by atoms with Crippen LogP contribution in [0.5, 0.6) is 0 Å². The van der Waals surface area contributed by atoms with E-state index >= 15 is 0 Å². The predicted molar refractivity (Wildman–Crippen MR) is 114 cm³/mol. The van der Waals surface area contributed by atoms with Gasteiger partial charge < -0.3 is 9.64 Å². The molecular weight excluding hydrogens is 388 g/mol. The lowest BCUT2D eigenvalue weighted by Gasteiger charge is -2.35. The van der Waals surface area contributed by atoms with Crippen molar-refractivity contribution in [2.75, 3.05) is 32.8 Å². The molecule has 1 aliphatic heterocycles. The van der Waals surface area contributed by atoms with Crippen LogP contribution >= 0.6 is 0 Å². The summed E-state index contributed by atoms with van der Waals surface area (Å²) in [5.41, 5.74) is 0. The number of rotatable bonds is 7. The van der Waals surface area contributed by atoms with Crippen LogP contribution in [-0.4, -0.2) is 62.4 Å². The smallest absolute Gasteiger partial charge is 0.251 e. The highest BCUT2D eigenvalue weighted by molar-refractivity contribution is 7.89. The monoisotopic (exact) mass is 418 g/mol. The van der Waals surface area contributed by atoms with Crippen molar-refractivity contribution < 1.29 is 17.9 Å². The largest absolute Gasteiger partial charge is 0.369 e. The van der Waals surface area contributed by atoms with E-state index in [1.54, 1.807) is 24.0 Å². The minimum atomic E-state index is -3.58. The Morgan fingerprint density at radius 3 is 2.31 bits per heavy atom. The lowest BCUT2D eigenvalue weighted by Crippen LogP contribution is -2.52. The van der Waals surface area contributed by atoms with Crippen molar-refractivity contribution in [1.29, 1.82) is 0 Å². The second-order valence-electron chi connectivity index (χ2n) is 7.93. The van der Waals surface area contributed by atoms with Crippen molar-refractivity contribution >= 4 is 26.7 Å². The van der Waals surface area contributed by atoms with Gasteiger partial charge in [-0.05, 0) is 42.2 Å². The Kier molecular flexibility index (Phi) is 6.93. The van der Waals surface area contributed by atoms with E-state index in [-0.39, 0.29) is 5.91 Å². The zero-order valence-electron chi connectivity index (χ0n) is 17.4. The van der Waals surface area contributed by atoms with Gasteiger partial charge in [-0.15, -0.1) is 0 Å². The van der Waals surface area contributed by atoms with Gasteiger partial charge in [0.1, 0.15) is 6.10 Å². The number of ether oxygens (including phenoxy) is 1. The summed E-state index contributed by atoms with van der Waals surface area (Å²) in [4.78, 5) is 14.6. The molecule has 1 fully saturated rings. The molecule has 0 N–H and O–H groups in total. The van der Waals surface area contributed by atoms with Crippen molar-refractivity contribution in [2.45, 2.75) is 38.2 Å². The summed E-state index contributed by atoms with van der Waals surface area (Å²) in [6, 6.07) is 12.9. The minimum absolute atomic E-state index is 0.0727. The molecule has 2 aromatic rings. The summed E-state index contributed by atoms with van der Waals surface area (Å²) < 4.78 is 33.2. The molecule has 0 bridgehead atoms. The van der Waals surface area contributed by atoms with Gasteiger partial charge in [0.2, 0.25) is 10.0 Å². The summed E-state index contributed by atoms with van der Waals surface area (Å²) in [5, 5.41) is 1.91. The highest BCUT2D eigenvalue weighted by atomic mass is 32.2. The van der Waals surface area contributed by atoms with E-state index < -0.39 is 16.1 Å². The van der Waals surface area contributed by atoms with Gasteiger partial charge in [0.05, 0.1) is 4.90 Å². The van der Waals surface area contributed by atoms with Crippen molar-refractivity contribution in [1.82, 2.24) is 9.21 Å². The molecule has 29 heavy (non-hydrogen) atoms. The summed E-state index contributed by atoms with van der Waals surface area (Å²) in [6.45, 7) is 7.89. The maximum absolute atomic E-state index is 13.0. The van der Waals surface area contributed by atoms with Crippen LogP contribution in [0, 0.1) is 5.92 Å². The van der Waals surface area contributed by atoms with Crippen LogP contribution < -0.4 is 0 Å². The standard InChI is InChI=1S/C22H30N2O4S/c1-17(2)10-15-28-18(3)22(25)23-11-13-24(14-12-23)29(26,27)21-9-8-19-6-4-5-7-20(19)16-21/h4-9,16-18H,10-15H2,1-3H3. The Balaban J connectivity index is 1.61. The molecule has 0 aromatic heterocycles. The van der Waals surface area contributed by atoms with Crippen LogP contribution in [-0.2, 0) is 19.6 Å². The lowest BCUT2D eigenvalue weighted by molar-refractivity contribution is -0.144. The van der Waals surface area contributed by atoms with Gasteiger partial charge in [-0.25, -0.2) is 8.42 Å². The minimum Gasteiger partial charge on any atom is -0.369 e. The molecule has 1 aliphatic rings. The number of fused-ring (bicyclic) bond motifs is 1. The second-order valence-corrected chi connectivity index (χ2v) is 9.87. The molecule has 0 aliphatic carbocycles. The molecule has 1 heterocycles. The number of piperazine rings is 1. The Morgan fingerprint density at radius 2 is 1.66 bits per heavy atom. The maximum atomic E-state index is 13.0. The topological polar surface area (TPSA) is 66.9 Å². The number of sulfonamides is 1. The predicted octanol–water partition coefficient (Wildman–Crippen LogP) is 3.12. The quantitative estimate of drug-likeness (QED) is 0.693. The number of carbonyl (C=O) groups excluding carboxylic acids is 1. The zero-order valence-corrected chi connectivity index (χ0v) is 18.2. The number of hydrogen-bond acceptors (Lipinski definition) is 4. The lowest BCUT2D eigenvalue weighted by atomic mass is 10.1. The Morgan fingerprint density at radius 1 is 1.00 bits per heavy atom. The van der Waals surface area contributed by atoms with Crippen molar-refractivity contribution in [3.63, 3.8) is 0 Å². The molecule has 1 amide bonds. The van der Waals surface area contributed by atoms with Gasteiger partial charge in [0.25, 0.3) is 5.91 Å². The van der Waals surface area contributed by atoms with E-state index in [2.05, 4.69) is 13.8 Å². The van der Waals surface area contributed by atoms with Crippen LogP contribution in [0.25, 0.3) is 10.8 Å². The molecule has 0 radical (unpaired) electrons. The summed E-state index contributed by atoms with van der Waals surface area (Å²) in [7, 11) is -3.58. The van der Waals surface area contributed by atoms with Gasteiger partial charge in [-0.2, -0.15) is 4.31 Å². The molecule has 0 spiro atoms. The first-order chi connectivity index (χ1) is 13.8. The first kappa shape index (κ1) is 21.7. The van der Waals surface area contributed by atoms with E-state index in [1.807, 2.05) is 30.3 Å². The zero-order chi connectivity index (χ0) is 21.0. The maximum Gasteiger partial charge on any atom is 0.251 e. The first-order valence-electron chi connectivity index (χ1n) is 10.2. The molecule has 3 rings (SSSR count). The number of carbonyl (C=O) groups is 1. The van der Waals surface area contributed by atoms with E-state index in [0.29, 0.717) is 43.6 Å². The Hall–Kier alpha value is -1.96. The van der Waals surface area contributed by atoms with Gasteiger partial charge in [-0.1, -0.05) is 44.2 Å². The average molecular weight is 419 g/mol. The second kappa shape index (κ2) is 9.24. The van der Waals surface area contributed by atoms with E-state index in [9.17, 15) is 13.2 Å². The normalized spacial score (nSPS) is 17.0. The van der Waals surface area contributed by atoms with Crippen LogP contribution in [0.15, 0.2) is 47.4 Å². The SMILES string of the molecule is CC(C)CCOC(C)C(=O)N1CCN(S(=O)(=O)c2ccc3ccccc3c2)CC1. The van der Waals surface area contributed by atoms with Crippen LogP contribution in [0.4, 0.5) is 0 Å². The molecule has 1 atom stereocenters. The molecular formula is C22H30N2O4S. The molecule has 1 unspecified atom stereocenters. The number of amides is 1. The third kappa shape index (κ3) is 5.15. The van der Waals surface area contributed by atoms with E-state index in [1.165, 1.54) is 4.31 Å². The van der Waals surface area contributed by atoms with Crippen LogP contribution in [0.1, 0.15) is 27.2 Å². The number of hydrogen-bond donors (Lipinski definition) is 0. The Bertz CT molecular complexity index is 950. The van der Waals surface area contributed by atoms with Gasteiger partial charge in [0.15, 0.2) is 0 Å². The average Bonchev–Trinajstić information content (AvgIpc) is 2.72. The molecule has 0 saturated carbocycles. The van der Waals surface area contributed by atoms with Crippen molar-refractivity contribution in [2.24, 2.45) is 5.92 Å². The third-order valence-corrected chi connectivity index (χ3v) is 7.21. The Labute approximate surface area is 173 Å². The summed E-state index contributed by atoms with van der Waals surface area (Å²) >= 11 is 0. The fourth-order valence-corrected chi connectivity index (χ4v) is 4.89. The molecule has 7 heteroatoms. The first-order valence-corrected chi connectivity index (χ1v) is 11.6. The summed E-state index contributed by atoms with van der Waals surface area (Å²) in [6.07, 6.45) is 0.410. The van der Waals surface area contributed by atoms with Gasteiger partial charge in [-0.3, -0.25) is 4.79 Å². The van der Waals surface area contributed by atoms with Gasteiger partial charge >= 0.3 is 0 Å².